The maximum atomic E-state index is 13.4. The van der Waals surface area contributed by atoms with Crippen LogP contribution in [0, 0.1) is 11.6 Å². The Hall–Kier alpha value is -2.61. The number of ketones is 1. The molecule has 2 aromatic rings. The van der Waals surface area contributed by atoms with Gasteiger partial charge in [-0.15, -0.1) is 11.3 Å². The van der Waals surface area contributed by atoms with E-state index in [0.29, 0.717) is 10.9 Å². The molecule has 1 amide bonds. The van der Waals surface area contributed by atoms with E-state index in [1.165, 1.54) is 19.1 Å². The number of carbonyl (C=O) groups is 3. The summed E-state index contributed by atoms with van der Waals surface area (Å²) in [7, 11) is 0. The molecule has 0 spiro atoms. The second-order valence-electron chi connectivity index (χ2n) is 4.47. The Morgan fingerprint density at radius 2 is 1.83 bits per heavy atom. The lowest BCUT2D eigenvalue weighted by Gasteiger charge is -2.06. The number of hydrogen-bond acceptors (Lipinski definition) is 5. The smallest absolute Gasteiger partial charge is 0.348 e. The van der Waals surface area contributed by atoms with Gasteiger partial charge in [0.05, 0.1) is 10.6 Å². The number of amides is 1. The van der Waals surface area contributed by atoms with Crippen LogP contribution in [0.4, 0.5) is 14.5 Å². The van der Waals surface area contributed by atoms with E-state index in [2.05, 4.69) is 5.32 Å². The summed E-state index contributed by atoms with van der Waals surface area (Å²) < 4.78 is 30.9. The molecule has 120 valence electrons. The fourth-order valence-corrected chi connectivity index (χ4v) is 2.41. The van der Waals surface area contributed by atoms with Gasteiger partial charge in [0, 0.05) is 6.07 Å². The number of hydrogen-bond donors (Lipinski definition) is 1. The van der Waals surface area contributed by atoms with E-state index in [9.17, 15) is 23.2 Å². The van der Waals surface area contributed by atoms with Crippen molar-refractivity contribution in [1.29, 1.82) is 0 Å². The molecule has 1 aromatic carbocycles. The van der Waals surface area contributed by atoms with Crippen LogP contribution in [0.1, 0.15) is 26.3 Å². The molecule has 0 aliphatic rings. The summed E-state index contributed by atoms with van der Waals surface area (Å²) in [6, 6.07) is 5.57. The van der Waals surface area contributed by atoms with E-state index in [1.807, 2.05) is 0 Å². The van der Waals surface area contributed by atoms with Gasteiger partial charge in [0.1, 0.15) is 16.5 Å². The molecule has 0 unspecified atom stereocenters. The van der Waals surface area contributed by atoms with Gasteiger partial charge < -0.3 is 10.1 Å². The number of Topliss-reactive ketones (excluding diaryl/α,β-unsaturated/α-hetero) is 1. The second kappa shape index (κ2) is 7.10. The number of anilines is 1. The first-order chi connectivity index (χ1) is 10.9. The number of ether oxygens (including phenoxy) is 1. The van der Waals surface area contributed by atoms with Gasteiger partial charge in [-0.2, -0.15) is 0 Å². The summed E-state index contributed by atoms with van der Waals surface area (Å²) in [6.07, 6.45) is 0. The number of benzene rings is 1. The van der Waals surface area contributed by atoms with E-state index >= 15 is 0 Å². The first-order valence-electron chi connectivity index (χ1n) is 6.39. The second-order valence-corrected chi connectivity index (χ2v) is 5.55. The van der Waals surface area contributed by atoms with Crippen molar-refractivity contribution in [1.82, 2.24) is 0 Å². The Kier molecular flexibility index (Phi) is 5.17. The molecular weight excluding hydrogens is 328 g/mol. The Balaban J connectivity index is 1.90. The van der Waals surface area contributed by atoms with Crippen molar-refractivity contribution >= 4 is 34.7 Å². The zero-order valence-corrected chi connectivity index (χ0v) is 12.7. The maximum absolute atomic E-state index is 13.4. The highest BCUT2D eigenvalue weighted by Gasteiger charge is 2.15. The number of rotatable bonds is 5. The highest BCUT2D eigenvalue weighted by atomic mass is 32.1. The minimum atomic E-state index is -0.936. The lowest BCUT2D eigenvalue weighted by molar-refractivity contribution is -0.119. The van der Waals surface area contributed by atoms with Crippen molar-refractivity contribution in [2.45, 2.75) is 6.92 Å². The number of carbonyl (C=O) groups excluding carboxylic acids is 3. The topological polar surface area (TPSA) is 72.5 Å². The number of esters is 1. The van der Waals surface area contributed by atoms with Gasteiger partial charge in [-0.05, 0) is 31.2 Å². The zero-order valence-electron chi connectivity index (χ0n) is 11.9. The number of halogens is 2. The van der Waals surface area contributed by atoms with E-state index in [-0.39, 0.29) is 16.3 Å². The summed E-state index contributed by atoms with van der Waals surface area (Å²) in [6.45, 7) is 0.731. The predicted octanol–water partition coefficient (Wildman–Crippen LogP) is 3.02. The fraction of sp³-hybridized carbons (Fsp3) is 0.133. The molecule has 1 N–H and O–H groups in total. The van der Waals surface area contributed by atoms with Crippen LogP contribution >= 0.6 is 11.3 Å². The minimum Gasteiger partial charge on any atom is -0.451 e. The SMILES string of the molecule is CC(=O)c1ccc(C(=O)OCC(=O)Nc2ccc(F)cc2F)s1. The minimum absolute atomic E-state index is 0.177. The lowest BCUT2D eigenvalue weighted by atomic mass is 10.3. The molecule has 0 bridgehead atoms. The molecule has 1 heterocycles. The summed E-state index contributed by atoms with van der Waals surface area (Å²) in [5, 5.41) is 2.16. The Morgan fingerprint density at radius 1 is 1.13 bits per heavy atom. The van der Waals surface area contributed by atoms with Gasteiger partial charge in [-0.1, -0.05) is 0 Å². The molecule has 0 fully saturated rings. The fourth-order valence-electron chi connectivity index (χ4n) is 1.62. The van der Waals surface area contributed by atoms with Crippen LogP contribution in [0.2, 0.25) is 0 Å². The Morgan fingerprint density at radius 3 is 2.43 bits per heavy atom. The van der Waals surface area contributed by atoms with Crippen LogP contribution < -0.4 is 5.32 Å². The molecule has 23 heavy (non-hydrogen) atoms. The van der Waals surface area contributed by atoms with E-state index in [0.717, 1.165) is 23.5 Å². The molecule has 0 radical (unpaired) electrons. The van der Waals surface area contributed by atoms with Gasteiger partial charge in [-0.25, -0.2) is 13.6 Å². The van der Waals surface area contributed by atoms with Gasteiger partial charge in [-0.3, -0.25) is 9.59 Å². The molecule has 0 aliphatic carbocycles. The Bertz CT molecular complexity index is 773. The van der Waals surface area contributed by atoms with Crippen LogP contribution in [0.25, 0.3) is 0 Å². The van der Waals surface area contributed by atoms with Gasteiger partial charge in [0.25, 0.3) is 5.91 Å². The molecule has 0 aliphatic heterocycles. The molecule has 2 rings (SSSR count). The van der Waals surface area contributed by atoms with Crippen molar-refractivity contribution in [2.24, 2.45) is 0 Å². The van der Waals surface area contributed by atoms with Crippen molar-refractivity contribution in [3.8, 4) is 0 Å². The highest BCUT2D eigenvalue weighted by Crippen LogP contribution is 2.18. The molecule has 0 saturated heterocycles. The Labute approximate surface area is 133 Å². The molecule has 1 aromatic heterocycles. The standard InChI is InChI=1S/C15H11F2NO4S/c1-8(19)12-4-5-13(23-12)15(21)22-7-14(20)18-11-3-2-9(16)6-10(11)17/h2-6H,7H2,1H3,(H,18,20). The number of thiophene rings is 1. The normalized spacial score (nSPS) is 10.2. The maximum Gasteiger partial charge on any atom is 0.348 e. The molecule has 5 nitrogen and oxygen atoms in total. The molecular formula is C15H11F2NO4S. The summed E-state index contributed by atoms with van der Waals surface area (Å²) in [5.74, 6) is -3.43. The van der Waals surface area contributed by atoms with Crippen molar-refractivity contribution < 1.29 is 27.9 Å². The number of nitrogens with one attached hydrogen (secondary N) is 1. The predicted molar refractivity (Wildman–Crippen MR) is 79.6 cm³/mol. The quantitative estimate of drug-likeness (QED) is 0.671. The first kappa shape index (κ1) is 16.8. The highest BCUT2D eigenvalue weighted by molar-refractivity contribution is 7.15. The van der Waals surface area contributed by atoms with E-state index in [4.69, 9.17) is 4.74 Å². The summed E-state index contributed by atoms with van der Waals surface area (Å²) in [4.78, 5) is 35.0. The monoisotopic (exact) mass is 339 g/mol. The van der Waals surface area contributed by atoms with Crippen molar-refractivity contribution in [2.75, 3.05) is 11.9 Å². The van der Waals surface area contributed by atoms with E-state index in [1.54, 1.807) is 0 Å². The average molecular weight is 339 g/mol. The lowest BCUT2D eigenvalue weighted by Crippen LogP contribution is -2.21. The van der Waals surface area contributed by atoms with Crippen LogP contribution in [-0.2, 0) is 9.53 Å². The van der Waals surface area contributed by atoms with Crippen LogP contribution in [0.15, 0.2) is 30.3 Å². The summed E-state index contributed by atoms with van der Waals surface area (Å²) in [5.41, 5.74) is -0.220. The van der Waals surface area contributed by atoms with Gasteiger partial charge >= 0.3 is 5.97 Å². The van der Waals surface area contributed by atoms with Crippen molar-refractivity contribution in [3.63, 3.8) is 0 Å². The van der Waals surface area contributed by atoms with Crippen molar-refractivity contribution in [3.05, 3.63) is 51.7 Å². The summed E-state index contributed by atoms with van der Waals surface area (Å²) >= 11 is 0.951. The molecule has 0 saturated carbocycles. The van der Waals surface area contributed by atoms with Gasteiger partial charge in [0.2, 0.25) is 0 Å². The zero-order chi connectivity index (χ0) is 17.0. The third-order valence-electron chi connectivity index (χ3n) is 2.69. The van der Waals surface area contributed by atoms with Crippen LogP contribution in [0.3, 0.4) is 0 Å². The van der Waals surface area contributed by atoms with Crippen LogP contribution in [-0.4, -0.2) is 24.3 Å². The third kappa shape index (κ3) is 4.43. The first-order valence-corrected chi connectivity index (χ1v) is 7.21. The molecule has 0 atom stereocenters. The largest absolute Gasteiger partial charge is 0.451 e. The molecule has 8 heteroatoms. The van der Waals surface area contributed by atoms with E-state index < -0.39 is 30.1 Å². The van der Waals surface area contributed by atoms with Crippen LogP contribution in [0.5, 0.6) is 0 Å². The average Bonchev–Trinajstić information content (AvgIpc) is 2.98. The van der Waals surface area contributed by atoms with Gasteiger partial charge in [0.15, 0.2) is 12.4 Å². The third-order valence-corrected chi connectivity index (χ3v) is 3.86.